The van der Waals surface area contributed by atoms with Gasteiger partial charge in [0.2, 0.25) is 5.13 Å². The van der Waals surface area contributed by atoms with Crippen LogP contribution in [0.2, 0.25) is 0 Å². The topological polar surface area (TPSA) is 64.1 Å². The molecule has 1 atom stereocenters. The fraction of sp³-hybridized carbons (Fsp3) is 0.364. The number of carbonyl (C=O) groups is 1. The highest BCUT2D eigenvalue weighted by Gasteiger charge is 2.24. The lowest BCUT2D eigenvalue weighted by molar-refractivity contribution is -0.124. The average Bonchev–Trinajstić information content (AvgIpc) is 3.12. The van der Waals surface area contributed by atoms with Crippen LogP contribution in [0.25, 0.3) is 10.7 Å². The van der Waals surface area contributed by atoms with Crippen LogP contribution in [0.15, 0.2) is 17.5 Å². The summed E-state index contributed by atoms with van der Waals surface area (Å²) in [6.07, 6.45) is 1.39. The van der Waals surface area contributed by atoms with Gasteiger partial charge in [0, 0.05) is 18.1 Å². The molecule has 0 bridgehead atoms. The molecule has 1 aliphatic heterocycles. The van der Waals surface area contributed by atoms with Crippen LogP contribution in [-0.2, 0) is 9.53 Å². The summed E-state index contributed by atoms with van der Waals surface area (Å²) in [4.78, 5) is 17.1. The summed E-state index contributed by atoms with van der Waals surface area (Å²) < 4.78 is 9.54. The minimum Gasteiger partial charge on any atom is -0.368 e. The number of thiophene rings is 1. The Kier molecular flexibility index (Phi) is 3.35. The highest BCUT2D eigenvalue weighted by atomic mass is 32.1. The molecule has 1 amide bonds. The molecular weight excluding hydrogens is 270 g/mol. The normalized spacial score (nSPS) is 19.0. The monoisotopic (exact) mass is 281 g/mol. The summed E-state index contributed by atoms with van der Waals surface area (Å²) in [6.45, 7) is 0.661. The third kappa shape index (κ3) is 2.43. The maximum Gasteiger partial charge on any atom is 0.255 e. The molecule has 1 N–H and O–H groups in total. The number of aromatic nitrogens is 2. The number of ether oxygens (including phenoxy) is 1. The second kappa shape index (κ2) is 5.13. The highest BCUT2D eigenvalue weighted by molar-refractivity contribution is 7.14. The standard InChI is InChI=1S/C11H11N3O2S2/c15-10(7-3-1-5-16-7)13-11-12-9(14-18-11)8-4-2-6-17-8/h2,4,6-7H,1,3,5H2,(H,12,13,14,15). The van der Waals surface area contributed by atoms with Gasteiger partial charge in [-0.25, -0.2) is 0 Å². The molecular formula is C11H11N3O2S2. The number of anilines is 1. The van der Waals surface area contributed by atoms with Crippen LogP contribution in [0.4, 0.5) is 5.13 Å². The van der Waals surface area contributed by atoms with Gasteiger partial charge < -0.3 is 4.74 Å². The van der Waals surface area contributed by atoms with Gasteiger partial charge in [-0.3, -0.25) is 10.1 Å². The molecule has 0 saturated carbocycles. The van der Waals surface area contributed by atoms with E-state index in [-0.39, 0.29) is 12.0 Å². The first-order valence-electron chi connectivity index (χ1n) is 5.63. The van der Waals surface area contributed by atoms with E-state index in [1.54, 1.807) is 11.3 Å². The van der Waals surface area contributed by atoms with Crippen molar-refractivity contribution in [1.82, 2.24) is 9.36 Å². The van der Waals surface area contributed by atoms with E-state index in [9.17, 15) is 4.79 Å². The van der Waals surface area contributed by atoms with Gasteiger partial charge in [-0.05, 0) is 24.3 Å². The zero-order chi connectivity index (χ0) is 12.4. The molecule has 3 heterocycles. The van der Waals surface area contributed by atoms with E-state index in [0.717, 1.165) is 17.7 Å². The molecule has 5 nitrogen and oxygen atoms in total. The quantitative estimate of drug-likeness (QED) is 0.938. The second-order valence-electron chi connectivity index (χ2n) is 3.89. The summed E-state index contributed by atoms with van der Waals surface area (Å²) in [7, 11) is 0. The lowest BCUT2D eigenvalue weighted by Gasteiger charge is -2.07. The third-order valence-electron chi connectivity index (χ3n) is 2.62. The fourth-order valence-corrected chi connectivity index (χ4v) is 3.05. The third-order valence-corrected chi connectivity index (χ3v) is 4.12. The lowest BCUT2D eigenvalue weighted by Crippen LogP contribution is -2.26. The summed E-state index contributed by atoms with van der Waals surface area (Å²) >= 11 is 2.77. The van der Waals surface area contributed by atoms with Gasteiger partial charge in [0.1, 0.15) is 6.10 Å². The zero-order valence-corrected chi connectivity index (χ0v) is 11.1. The van der Waals surface area contributed by atoms with Gasteiger partial charge in [-0.1, -0.05) is 6.07 Å². The largest absolute Gasteiger partial charge is 0.368 e. The predicted molar refractivity (Wildman–Crippen MR) is 70.8 cm³/mol. The zero-order valence-electron chi connectivity index (χ0n) is 9.46. The number of hydrogen-bond donors (Lipinski definition) is 1. The maximum atomic E-state index is 11.8. The molecule has 7 heteroatoms. The van der Waals surface area contributed by atoms with Crippen molar-refractivity contribution in [3.05, 3.63) is 17.5 Å². The van der Waals surface area contributed by atoms with Crippen LogP contribution in [0.5, 0.6) is 0 Å². The molecule has 0 spiro atoms. The van der Waals surface area contributed by atoms with Gasteiger partial charge in [-0.15, -0.1) is 11.3 Å². The van der Waals surface area contributed by atoms with E-state index in [4.69, 9.17) is 4.74 Å². The fourth-order valence-electron chi connectivity index (χ4n) is 1.75. The molecule has 0 aliphatic carbocycles. The molecule has 0 radical (unpaired) electrons. The van der Waals surface area contributed by atoms with Gasteiger partial charge in [-0.2, -0.15) is 9.36 Å². The Bertz CT molecular complexity index is 532. The van der Waals surface area contributed by atoms with Crippen LogP contribution in [-0.4, -0.2) is 28.0 Å². The number of amides is 1. The van der Waals surface area contributed by atoms with Gasteiger partial charge in [0.05, 0.1) is 4.88 Å². The SMILES string of the molecule is O=C(Nc1nc(-c2cccs2)ns1)C1CCCO1. The molecule has 1 unspecified atom stereocenters. The molecule has 18 heavy (non-hydrogen) atoms. The van der Waals surface area contributed by atoms with Crippen molar-refractivity contribution in [1.29, 1.82) is 0 Å². The highest BCUT2D eigenvalue weighted by Crippen LogP contribution is 2.25. The molecule has 0 aromatic carbocycles. The van der Waals surface area contributed by atoms with Crippen molar-refractivity contribution in [2.45, 2.75) is 18.9 Å². The number of carbonyl (C=O) groups excluding carboxylic acids is 1. The molecule has 1 fully saturated rings. The minimum atomic E-state index is -0.334. The average molecular weight is 281 g/mol. The molecule has 3 rings (SSSR count). The molecule has 2 aromatic rings. The van der Waals surface area contributed by atoms with Crippen molar-refractivity contribution in [2.75, 3.05) is 11.9 Å². The first-order valence-corrected chi connectivity index (χ1v) is 7.28. The van der Waals surface area contributed by atoms with Crippen LogP contribution < -0.4 is 5.32 Å². The number of hydrogen-bond acceptors (Lipinski definition) is 6. The molecule has 94 valence electrons. The first kappa shape index (κ1) is 11.8. The van der Waals surface area contributed by atoms with E-state index in [2.05, 4.69) is 14.7 Å². The van der Waals surface area contributed by atoms with Crippen LogP contribution >= 0.6 is 22.9 Å². The van der Waals surface area contributed by atoms with Crippen molar-refractivity contribution in [2.24, 2.45) is 0 Å². The van der Waals surface area contributed by atoms with Crippen molar-refractivity contribution in [3.63, 3.8) is 0 Å². The Balaban J connectivity index is 1.68. The van der Waals surface area contributed by atoms with Gasteiger partial charge >= 0.3 is 0 Å². The van der Waals surface area contributed by atoms with E-state index in [1.807, 2.05) is 17.5 Å². The number of rotatable bonds is 3. The predicted octanol–water partition coefficient (Wildman–Crippen LogP) is 2.38. The second-order valence-corrected chi connectivity index (χ2v) is 5.59. The van der Waals surface area contributed by atoms with Crippen LogP contribution in [0.1, 0.15) is 12.8 Å². The minimum absolute atomic E-state index is 0.124. The Hall–Kier alpha value is -1.31. The molecule has 2 aromatic heterocycles. The van der Waals surface area contributed by atoms with Crippen LogP contribution in [0, 0.1) is 0 Å². The Labute approximate surface area is 112 Å². The van der Waals surface area contributed by atoms with Crippen molar-refractivity contribution in [3.8, 4) is 10.7 Å². The number of nitrogens with one attached hydrogen (secondary N) is 1. The van der Waals surface area contributed by atoms with Crippen molar-refractivity contribution >= 4 is 33.9 Å². The van der Waals surface area contributed by atoms with E-state index < -0.39 is 0 Å². The maximum absolute atomic E-state index is 11.8. The number of nitrogens with zero attached hydrogens (tertiary/aromatic N) is 2. The van der Waals surface area contributed by atoms with Gasteiger partial charge in [0.15, 0.2) is 5.82 Å². The summed E-state index contributed by atoms with van der Waals surface area (Å²) in [6, 6.07) is 3.91. The Morgan fingerprint density at radius 2 is 2.50 bits per heavy atom. The summed E-state index contributed by atoms with van der Waals surface area (Å²) in [5.74, 6) is 0.541. The van der Waals surface area contributed by atoms with Crippen molar-refractivity contribution < 1.29 is 9.53 Å². The smallest absolute Gasteiger partial charge is 0.255 e. The van der Waals surface area contributed by atoms with E-state index in [1.165, 1.54) is 11.5 Å². The molecule has 1 aliphatic rings. The summed E-state index contributed by atoms with van der Waals surface area (Å²) in [5, 5.41) is 5.25. The van der Waals surface area contributed by atoms with E-state index in [0.29, 0.717) is 17.6 Å². The van der Waals surface area contributed by atoms with E-state index >= 15 is 0 Å². The van der Waals surface area contributed by atoms with Gasteiger partial charge in [0.25, 0.3) is 5.91 Å². The van der Waals surface area contributed by atoms with Crippen LogP contribution in [0.3, 0.4) is 0 Å². The molecule has 1 saturated heterocycles. The summed E-state index contributed by atoms with van der Waals surface area (Å²) in [5.41, 5.74) is 0. The Morgan fingerprint density at radius 3 is 3.22 bits per heavy atom. The lowest BCUT2D eigenvalue weighted by atomic mass is 10.2. The Morgan fingerprint density at radius 1 is 1.56 bits per heavy atom. The first-order chi connectivity index (χ1) is 8.83.